The number of likely N-dealkylation sites (tertiary alicyclic amines) is 1. The van der Waals surface area contributed by atoms with E-state index in [1.807, 2.05) is 11.0 Å². The van der Waals surface area contributed by atoms with Crippen LogP contribution in [0.1, 0.15) is 30.4 Å². The van der Waals surface area contributed by atoms with Gasteiger partial charge in [0.05, 0.1) is 17.6 Å². The Kier molecular flexibility index (Phi) is 5.62. The van der Waals surface area contributed by atoms with Gasteiger partial charge in [0.1, 0.15) is 0 Å². The molecule has 0 spiro atoms. The molecule has 0 aliphatic carbocycles. The number of piperidine rings is 1. The largest absolute Gasteiger partial charge is 0.342 e. The minimum absolute atomic E-state index is 0.0213. The van der Waals surface area contributed by atoms with Crippen LogP contribution in [0.4, 0.5) is 5.69 Å². The number of nitrogens with zero attached hydrogens (tertiary/aromatic N) is 3. The van der Waals surface area contributed by atoms with Crippen molar-refractivity contribution >= 4 is 17.5 Å². The van der Waals surface area contributed by atoms with Crippen molar-refractivity contribution in [2.45, 2.75) is 25.7 Å². The van der Waals surface area contributed by atoms with E-state index in [2.05, 4.69) is 30.3 Å². The van der Waals surface area contributed by atoms with E-state index in [0.717, 1.165) is 38.0 Å². The minimum atomic E-state index is -0.274. The van der Waals surface area contributed by atoms with Gasteiger partial charge in [0, 0.05) is 31.7 Å². The molecule has 2 amide bonds. The highest BCUT2D eigenvalue weighted by Crippen LogP contribution is 2.29. The predicted octanol–water partition coefficient (Wildman–Crippen LogP) is 3.39. The number of hydrogen-bond acceptors (Lipinski definition) is 3. The summed E-state index contributed by atoms with van der Waals surface area (Å²) < 4.78 is 0. The van der Waals surface area contributed by atoms with Gasteiger partial charge in [-0.1, -0.05) is 30.3 Å². The molecule has 2 aromatic rings. The SMILES string of the molecule is N#Cc1ccc(N2CC(C(=O)N3CCC(Cc4ccccc4)CC3)CC2=O)cc1. The lowest BCUT2D eigenvalue weighted by Gasteiger charge is -2.33. The second-order valence-electron chi connectivity index (χ2n) is 8.02. The lowest BCUT2D eigenvalue weighted by molar-refractivity contribution is -0.137. The first-order chi connectivity index (χ1) is 14.1. The molecule has 2 aliphatic rings. The van der Waals surface area contributed by atoms with Gasteiger partial charge >= 0.3 is 0 Å². The van der Waals surface area contributed by atoms with Crippen LogP contribution >= 0.6 is 0 Å². The summed E-state index contributed by atoms with van der Waals surface area (Å²) in [5, 5.41) is 8.93. The summed E-state index contributed by atoms with van der Waals surface area (Å²) in [6, 6.07) is 19.6. The maximum Gasteiger partial charge on any atom is 0.228 e. The summed E-state index contributed by atoms with van der Waals surface area (Å²) in [5.74, 6) is 0.422. The Balaban J connectivity index is 1.32. The van der Waals surface area contributed by atoms with Crippen LogP contribution in [0.15, 0.2) is 54.6 Å². The Labute approximate surface area is 171 Å². The van der Waals surface area contributed by atoms with Crippen molar-refractivity contribution in [1.29, 1.82) is 5.26 Å². The van der Waals surface area contributed by atoms with Crippen molar-refractivity contribution in [3.8, 4) is 6.07 Å². The van der Waals surface area contributed by atoms with Crippen LogP contribution in [-0.2, 0) is 16.0 Å². The number of rotatable bonds is 4. The molecule has 0 N–H and O–H groups in total. The van der Waals surface area contributed by atoms with E-state index >= 15 is 0 Å². The fourth-order valence-corrected chi connectivity index (χ4v) is 4.40. The van der Waals surface area contributed by atoms with Gasteiger partial charge in [0.15, 0.2) is 0 Å². The number of carbonyl (C=O) groups is 2. The third-order valence-electron chi connectivity index (χ3n) is 6.08. The summed E-state index contributed by atoms with van der Waals surface area (Å²) >= 11 is 0. The van der Waals surface area contributed by atoms with E-state index in [0.29, 0.717) is 18.0 Å². The molecule has 29 heavy (non-hydrogen) atoms. The highest BCUT2D eigenvalue weighted by atomic mass is 16.2. The number of benzene rings is 2. The van der Waals surface area contributed by atoms with Gasteiger partial charge in [-0.15, -0.1) is 0 Å². The lowest BCUT2D eigenvalue weighted by Crippen LogP contribution is -2.42. The zero-order valence-corrected chi connectivity index (χ0v) is 16.5. The molecule has 0 saturated carbocycles. The molecule has 2 fully saturated rings. The molecule has 1 atom stereocenters. The Bertz CT molecular complexity index is 909. The molecule has 148 valence electrons. The number of nitriles is 1. The van der Waals surface area contributed by atoms with Crippen molar-refractivity contribution in [2.75, 3.05) is 24.5 Å². The van der Waals surface area contributed by atoms with Crippen LogP contribution in [0.3, 0.4) is 0 Å². The number of anilines is 1. The number of hydrogen-bond donors (Lipinski definition) is 0. The molecule has 2 aromatic carbocycles. The first-order valence-corrected chi connectivity index (χ1v) is 10.3. The fourth-order valence-electron chi connectivity index (χ4n) is 4.40. The average molecular weight is 387 g/mol. The third-order valence-corrected chi connectivity index (χ3v) is 6.08. The van der Waals surface area contributed by atoms with E-state index in [-0.39, 0.29) is 24.2 Å². The van der Waals surface area contributed by atoms with E-state index in [1.54, 1.807) is 29.2 Å². The van der Waals surface area contributed by atoms with Crippen molar-refractivity contribution in [1.82, 2.24) is 4.90 Å². The van der Waals surface area contributed by atoms with Crippen LogP contribution in [0.5, 0.6) is 0 Å². The zero-order valence-electron chi connectivity index (χ0n) is 16.5. The molecular weight excluding hydrogens is 362 g/mol. The molecule has 1 unspecified atom stereocenters. The standard InChI is InChI=1S/C24H25N3O2/c25-16-20-6-8-22(9-7-20)27-17-21(15-23(27)28)24(29)26-12-10-19(11-13-26)14-18-4-2-1-3-5-18/h1-9,19,21H,10-15,17H2. The Hall–Kier alpha value is -3.13. The minimum Gasteiger partial charge on any atom is -0.342 e. The zero-order chi connectivity index (χ0) is 20.2. The third kappa shape index (κ3) is 4.32. The maximum atomic E-state index is 13.0. The van der Waals surface area contributed by atoms with E-state index in [1.165, 1.54) is 5.56 Å². The summed E-state index contributed by atoms with van der Waals surface area (Å²) in [6.07, 6.45) is 3.36. The molecule has 2 aliphatic heterocycles. The van der Waals surface area contributed by atoms with Crippen molar-refractivity contribution in [3.63, 3.8) is 0 Å². The Morgan fingerprint density at radius 1 is 1.03 bits per heavy atom. The first-order valence-electron chi connectivity index (χ1n) is 10.3. The van der Waals surface area contributed by atoms with Crippen molar-refractivity contribution in [3.05, 3.63) is 65.7 Å². The molecule has 2 saturated heterocycles. The molecule has 5 heteroatoms. The summed E-state index contributed by atoms with van der Waals surface area (Å²) in [7, 11) is 0. The quantitative estimate of drug-likeness (QED) is 0.808. The second-order valence-corrected chi connectivity index (χ2v) is 8.02. The molecule has 0 bridgehead atoms. The van der Waals surface area contributed by atoms with Crippen LogP contribution in [0.25, 0.3) is 0 Å². The van der Waals surface area contributed by atoms with E-state index in [9.17, 15) is 9.59 Å². The predicted molar refractivity (Wildman–Crippen MR) is 111 cm³/mol. The van der Waals surface area contributed by atoms with Crippen molar-refractivity contribution in [2.24, 2.45) is 11.8 Å². The van der Waals surface area contributed by atoms with Crippen LogP contribution in [0, 0.1) is 23.2 Å². The normalized spacial score (nSPS) is 20.0. The van der Waals surface area contributed by atoms with Crippen LogP contribution in [-0.4, -0.2) is 36.3 Å². The Morgan fingerprint density at radius 2 is 1.72 bits per heavy atom. The molecule has 5 nitrogen and oxygen atoms in total. The highest BCUT2D eigenvalue weighted by Gasteiger charge is 2.38. The highest BCUT2D eigenvalue weighted by molar-refractivity contribution is 6.00. The fraction of sp³-hybridized carbons (Fsp3) is 0.375. The van der Waals surface area contributed by atoms with E-state index < -0.39 is 0 Å². The van der Waals surface area contributed by atoms with Gasteiger partial charge in [-0.2, -0.15) is 5.26 Å². The monoisotopic (exact) mass is 387 g/mol. The first kappa shape index (κ1) is 19.2. The maximum absolute atomic E-state index is 13.0. The van der Waals surface area contributed by atoms with Crippen LogP contribution in [0.2, 0.25) is 0 Å². The van der Waals surface area contributed by atoms with Gasteiger partial charge in [-0.05, 0) is 55.0 Å². The molecule has 0 aromatic heterocycles. The van der Waals surface area contributed by atoms with Gasteiger partial charge in [-0.3, -0.25) is 9.59 Å². The molecular formula is C24H25N3O2. The number of amides is 2. The summed E-state index contributed by atoms with van der Waals surface area (Å²) in [4.78, 5) is 29.1. The Morgan fingerprint density at radius 3 is 2.38 bits per heavy atom. The summed E-state index contributed by atoms with van der Waals surface area (Å²) in [5.41, 5.74) is 2.67. The van der Waals surface area contributed by atoms with Gasteiger partial charge in [0.25, 0.3) is 0 Å². The van der Waals surface area contributed by atoms with Gasteiger partial charge in [0.2, 0.25) is 11.8 Å². The number of carbonyl (C=O) groups excluding carboxylic acids is 2. The molecule has 0 radical (unpaired) electrons. The average Bonchev–Trinajstić information content (AvgIpc) is 3.16. The van der Waals surface area contributed by atoms with Gasteiger partial charge in [-0.25, -0.2) is 0 Å². The van der Waals surface area contributed by atoms with Crippen molar-refractivity contribution < 1.29 is 9.59 Å². The smallest absolute Gasteiger partial charge is 0.228 e. The van der Waals surface area contributed by atoms with E-state index in [4.69, 9.17) is 5.26 Å². The second kappa shape index (κ2) is 8.48. The summed E-state index contributed by atoms with van der Waals surface area (Å²) in [6.45, 7) is 1.98. The van der Waals surface area contributed by atoms with Gasteiger partial charge < -0.3 is 9.80 Å². The molecule has 4 rings (SSSR count). The molecule has 2 heterocycles. The topological polar surface area (TPSA) is 64.4 Å². The van der Waals surface area contributed by atoms with Crippen LogP contribution < -0.4 is 4.90 Å². The lowest BCUT2D eigenvalue weighted by atomic mass is 9.89.